The van der Waals surface area contributed by atoms with E-state index in [0.29, 0.717) is 0 Å². The molecular weight excluding hydrogens is 216 g/mol. The Hall–Kier alpha value is -1.23. The summed E-state index contributed by atoms with van der Waals surface area (Å²) in [5.41, 5.74) is 6.16. The average Bonchev–Trinajstić information content (AvgIpc) is 2.34. The number of nitrogens with two attached hydrogens (primary N) is 1. The van der Waals surface area contributed by atoms with Crippen molar-refractivity contribution >= 4 is 5.78 Å². The molecule has 4 heteroatoms. The van der Waals surface area contributed by atoms with Crippen LogP contribution in [0.4, 0.5) is 0 Å². The summed E-state index contributed by atoms with van der Waals surface area (Å²) < 4.78 is 0. The van der Waals surface area contributed by atoms with E-state index in [9.17, 15) is 4.79 Å². The zero-order valence-corrected chi connectivity index (χ0v) is 10.7. The van der Waals surface area contributed by atoms with Crippen molar-refractivity contribution in [3.63, 3.8) is 0 Å². The van der Waals surface area contributed by atoms with Gasteiger partial charge >= 0.3 is 0 Å². The molecule has 0 saturated heterocycles. The van der Waals surface area contributed by atoms with E-state index in [2.05, 4.69) is 12.1 Å². The highest BCUT2D eigenvalue weighted by Crippen LogP contribution is 2.20. The van der Waals surface area contributed by atoms with Gasteiger partial charge in [-0.05, 0) is 30.9 Å². The summed E-state index contributed by atoms with van der Waals surface area (Å²) in [5, 5.41) is 0. The van der Waals surface area contributed by atoms with Crippen molar-refractivity contribution in [1.29, 1.82) is 0 Å². The number of Topliss-reactive ketones (excluding diaryl/α,β-unsaturated/α-hetero) is 1. The number of carbonyl (C=O) groups is 1. The van der Waals surface area contributed by atoms with Crippen LogP contribution in [0.25, 0.3) is 0 Å². The van der Waals surface area contributed by atoms with Crippen LogP contribution >= 0.6 is 0 Å². The van der Waals surface area contributed by atoms with Crippen molar-refractivity contribution in [3.8, 4) is 0 Å². The maximum Gasteiger partial charge on any atom is 0.191 e. The van der Waals surface area contributed by atoms with Gasteiger partial charge in [-0.15, -0.1) is 5.59 Å². The second-order valence-corrected chi connectivity index (χ2v) is 3.99. The maximum absolute atomic E-state index is 12.1. The number of nitrogens with one attached hydrogen (secondary N) is 1. The first-order valence-corrected chi connectivity index (χ1v) is 5.87. The molecule has 0 fully saturated rings. The molecule has 0 aromatic heterocycles. The number of hydrogen-bond acceptors (Lipinski definition) is 4. The predicted octanol–water partition coefficient (Wildman–Crippen LogP) is 1.70. The molecule has 0 amide bonds. The number of ketones is 1. The first kappa shape index (κ1) is 13.8. The first-order chi connectivity index (χ1) is 8.13. The SMILES string of the molecule is CCc1cc(C)cc(CC)c1C(=O)CONN. The van der Waals surface area contributed by atoms with E-state index >= 15 is 0 Å². The fraction of sp³-hybridized carbons (Fsp3) is 0.462. The van der Waals surface area contributed by atoms with Gasteiger partial charge in [0.25, 0.3) is 0 Å². The Morgan fingerprint density at radius 3 is 2.24 bits per heavy atom. The van der Waals surface area contributed by atoms with Crippen LogP contribution in [-0.2, 0) is 17.7 Å². The van der Waals surface area contributed by atoms with E-state index in [1.165, 1.54) is 5.56 Å². The lowest BCUT2D eigenvalue weighted by atomic mass is 9.92. The molecule has 0 heterocycles. The molecule has 0 aliphatic rings. The third-order valence-electron chi connectivity index (χ3n) is 2.77. The van der Waals surface area contributed by atoms with Crippen molar-refractivity contribution in [2.75, 3.05) is 6.61 Å². The number of benzene rings is 1. The Balaban J connectivity index is 3.14. The van der Waals surface area contributed by atoms with Gasteiger partial charge in [-0.3, -0.25) is 9.63 Å². The number of carbonyl (C=O) groups excluding carboxylic acids is 1. The van der Waals surface area contributed by atoms with E-state index in [1.54, 1.807) is 0 Å². The summed E-state index contributed by atoms with van der Waals surface area (Å²) in [6, 6.07) is 4.12. The van der Waals surface area contributed by atoms with Crippen molar-refractivity contribution in [1.82, 2.24) is 5.59 Å². The summed E-state index contributed by atoms with van der Waals surface area (Å²) in [7, 11) is 0. The van der Waals surface area contributed by atoms with Crippen LogP contribution in [0.5, 0.6) is 0 Å². The minimum absolute atomic E-state index is 0.0309. The second kappa shape index (κ2) is 6.49. The summed E-state index contributed by atoms with van der Waals surface area (Å²) in [6.07, 6.45) is 1.68. The Morgan fingerprint density at radius 2 is 1.82 bits per heavy atom. The molecule has 0 aliphatic carbocycles. The number of aryl methyl sites for hydroxylation is 3. The van der Waals surface area contributed by atoms with Gasteiger partial charge in [0.05, 0.1) is 0 Å². The summed E-state index contributed by atoms with van der Waals surface area (Å²) >= 11 is 0. The van der Waals surface area contributed by atoms with Gasteiger partial charge in [-0.1, -0.05) is 31.5 Å². The largest absolute Gasteiger partial charge is 0.291 e. The molecule has 4 nitrogen and oxygen atoms in total. The molecule has 1 aromatic carbocycles. The zero-order chi connectivity index (χ0) is 12.8. The maximum atomic E-state index is 12.1. The smallest absolute Gasteiger partial charge is 0.191 e. The number of hydrogen-bond donors (Lipinski definition) is 2. The number of hydrazine groups is 1. The van der Waals surface area contributed by atoms with Crippen molar-refractivity contribution < 1.29 is 9.63 Å². The van der Waals surface area contributed by atoms with Crippen LogP contribution < -0.4 is 11.4 Å². The van der Waals surface area contributed by atoms with Gasteiger partial charge in [-0.2, -0.15) is 0 Å². The molecule has 0 spiro atoms. The third kappa shape index (κ3) is 3.36. The molecule has 1 rings (SSSR count). The molecule has 0 unspecified atom stereocenters. The van der Waals surface area contributed by atoms with Gasteiger partial charge in [0.1, 0.15) is 6.61 Å². The monoisotopic (exact) mass is 236 g/mol. The lowest BCUT2D eigenvalue weighted by Gasteiger charge is -2.13. The first-order valence-electron chi connectivity index (χ1n) is 5.87. The normalized spacial score (nSPS) is 10.6. The highest BCUT2D eigenvalue weighted by Gasteiger charge is 2.15. The molecule has 0 radical (unpaired) electrons. The molecule has 0 atom stereocenters. The Bertz CT molecular complexity index is 377. The van der Waals surface area contributed by atoms with Crippen LogP contribution in [0.3, 0.4) is 0 Å². The fourth-order valence-electron chi connectivity index (χ4n) is 2.04. The molecule has 0 aliphatic heterocycles. The molecule has 94 valence electrons. The minimum Gasteiger partial charge on any atom is -0.291 e. The topological polar surface area (TPSA) is 64.3 Å². The van der Waals surface area contributed by atoms with E-state index in [4.69, 9.17) is 10.7 Å². The quantitative estimate of drug-likeness (QED) is 0.448. The molecule has 1 aromatic rings. The third-order valence-corrected chi connectivity index (χ3v) is 2.77. The van der Waals surface area contributed by atoms with Crippen LogP contribution in [0.2, 0.25) is 0 Å². The lowest BCUT2D eigenvalue weighted by Crippen LogP contribution is -2.26. The van der Waals surface area contributed by atoms with Gasteiger partial charge in [0, 0.05) is 5.56 Å². The highest BCUT2D eigenvalue weighted by molar-refractivity contribution is 6.00. The van der Waals surface area contributed by atoms with Gasteiger partial charge < -0.3 is 0 Å². The summed E-state index contributed by atoms with van der Waals surface area (Å²) in [4.78, 5) is 16.8. The van der Waals surface area contributed by atoms with Crippen LogP contribution in [-0.4, -0.2) is 12.4 Å². The van der Waals surface area contributed by atoms with Gasteiger partial charge in [0.15, 0.2) is 5.78 Å². The predicted molar refractivity (Wildman–Crippen MR) is 67.5 cm³/mol. The van der Waals surface area contributed by atoms with Crippen molar-refractivity contribution in [2.24, 2.45) is 5.84 Å². The molecule has 3 N–H and O–H groups in total. The Labute approximate surface area is 102 Å². The van der Waals surface area contributed by atoms with Crippen LogP contribution in [0.1, 0.15) is 40.9 Å². The van der Waals surface area contributed by atoms with Crippen LogP contribution in [0.15, 0.2) is 12.1 Å². The number of rotatable bonds is 6. The zero-order valence-electron chi connectivity index (χ0n) is 10.7. The molecule has 0 saturated carbocycles. The minimum atomic E-state index is -0.0421. The van der Waals surface area contributed by atoms with Crippen molar-refractivity contribution in [3.05, 3.63) is 34.4 Å². The molecule has 0 bridgehead atoms. The average molecular weight is 236 g/mol. The fourth-order valence-corrected chi connectivity index (χ4v) is 2.04. The van der Waals surface area contributed by atoms with Gasteiger partial charge in [-0.25, -0.2) is 5.84 Å². The standard InChI is InChI=1S/C13H20N2O2/c1-4-10-6-9(3)7-11(5-2)13(10)12(16)8-17-15-14/h6-7,15H,4-5,8,14H2,1-3H3. The van der Waals surface area contributed by atoms with Crippen molar-refractivity contribution in [2.45, 2.75) is 33.6 Å². The van der Waals surface area contributed by atoms with E-state index in [-0.39, 0.29) is 12.4 Å². The molecule has 17 heavy (non-hydrogen) atoms. The lowest BCUT2D eigenvalue weighted by molar-refractivity contribution is 0.0373. The van der Waals surface area contributed by atoms with Gasteiger partial charge in [0.2, 0.25) is 0 Å². The highest BCUT2D eigenvalue weighted by atomic mass is 16.7. The summed E-state index contributed by atoms with van der Waals surface area (Å²) in [6.45, 7) is 6.10. The van der Waals surface area contributed by atoms with E-state index in [1.807, 2.05) is 26.4 Å². The van der Waals surface area contributed by atoms with E-state index < -0.39 is 0 Å². The van der Waals surface area contributed by atoms with E-state index in [0.717, 1.165) is 29.5 Å². The Kier molecular flexibility index (Phi) is 5.28. The van der Waals surface area contributed by atoms with Crippen LogP contribution in [0, 0.1) is 6.92 Å². The second-order valence-electron chi connectivity index (χ2n) is 3.99. The molecular formula is C13H20N2O2. The summed E-state index contributed by atoms with van der Waals surface area (Å²) in [5.74, 6) is 4.96. The Morgan fingerprint density at radius 1 is 1.29 bits per heavy atom.